The number of fused-ring (bicyclic) bond motifs is 3. The van der Waals surface area contributed by atoms with Crippen LogP contribution < -0.4 is 4.90 Å². The highest BCUT2D eigenvalue weighted by atomic mass is 15.1. The molecule has 4 aromatic carbocycles. The van der Waals surface area contributed by atoms with E-state index in [4.69, 9.17) is 0 Å². The zero-order valence-corrected chi connectivity index (χ0v) is 17.0. The van der Waals surface area contributed by atoms with Crippen LogP contribution in [0.4, 0.5) is 17.1 Å². The molecule has 2 nitrogen and oxygen atoms in total. The summed E-state index contributed by atoms with van der Waals surface area (Å²) in [6.07, 6.45) is 0. The van der Waals surface area contributed by atoms with Crippen molar-refractivity contribution < 1.29 is 0 Å². The predicted octanol–water partition coefficient (Wildman–Crippen LogP) is 7.72. The van der Waals surface area contributed by atoms with Gasteiger partial charge >= 0.3 is 0 Å². The fourth-order valence-corrected chi connectivity index (χ4v) is 3.97. The zero-order chi connectivity index (χ0) is 20.0. The molecule has 5 aromatic rings. The van der Waals surface area contributed by atoms with Crippen LogP contribution >= 0.6 is 0 Å². The van der Waals surface area contributed by atoms with E-state index in [1.807, 2.05) is 0 Å². The molecule has 0 saturated carbocycles. The summed E-state index contributed by atoms with van der Waals surface area (Å²) < 4.78 is 0. The van der Waals surface area contributed by atoms with Crippen molar-refractivity contribution in [3.63, 3.8) is 0 Å². The maximum atomic E-state index is 3.55. The van der Waals surface area contributed by atoms with E-state index in [-0.39, 0.29) is 0 Å². The molecule has 1 N–H and O–H groups in total. The van der Waals surface area contributed by atoms with E-state index in [9.17, 15) is 0 Å². The van der Waals surface area contributed by atoms with Crippen molar-refractivity contribution in [2.24, 2.45) is 0 Å². The third-order valence-electron chi connectivity index (χ3n) is 5.58. The van der Waals surface area contributed by atoms with Gasteiger partial charge in [0.05, 0.1) is 0 Å². The molecule has 1 heterocycles. The first-order chi connectivity index (χ1) is 14.1. The molecule has 0 amide bonds. The Morgan fingerprint density at radius 3 is 1.52 bits per heavy atom. The lowest BCUT2D eigenvalue weighted by atomic mass is 10.1. The molecule has 0 saturated heterocycles. The Labute approximate surface area is 171 Å². The fraction of sp³-hybridized carbons (Fsp3) is 0.111. The average molecular weight is 377 g/mol. The molecule has 0 bridgehead atoms. The van der Waals surface area contributed by atoms with Crippen LogP contribution in [0.3, 0.4) is 0 Å². The van der Waals surface area contributed by atoms with Gasteiger partial charge in [-0.25, -0.2) is 0 Å². The van der Waals surface area contributed by atoms with Crippen LogP contribution in [0.15, 0.2) is 84.9 Å². The Kier molecular flexibility index (Phi) is 4.13. The van der Waals surface area contributed by atoms with E-state index in [0.717, 1.165) is 17.1 Å². The van der Waals surface area contributed by atoms with E-state index in [1.165, 1.54) is 38.5 Å². The van der Waals surface area contributed by atoms with Crippen LogP contribution in [0.5, 0.6) is 0 Å². The van der Waals surface area contributed by atoms with E-state index >= 15 is 0 Å². The van der Waals surface area contributed by atoms with Gasteiger partial charge in [0.15, 0.2) is 0 Å². The van der Waals surface area contributed by atoms with Crippen LogP contribution in [0, 0.1) is 20.8 Å². The van der Waals surface area contributed by atoms with Crippen LogP contribution in [0.1, 0.15) is 16.7 Å². The fourth-order valence-electron chi connectivity index (χ4n) is 3.97. The molecule has 0 atom stereocenters. The van der Waals surface area contributed by atoms with Gasteiger partial charge in [0.1, 0.15) is 0 Å². The molecule has 0 spiro atoms. The summed E-state index contributed by atoms with van der Waals surface area (Å²) >= 11 is 0. The van der Waals surface area contributed by atoms with Crippen molar-refractivity contribution in [2.45, 2.75) is 20.8 Å². The second-order valence-electron chi connectivity index (χ2n) is 7.91. The van der Waals surface area contributed by atoms with E-state index in [2.05, 4.69) is 116 Å². The standard InChI is InChI=1S/C27H24N2/c1-18-4-9-21(10-5-18)29(22-11-6-19(2)7-12-22)23-13-15-27-25(17-23)24-16-20(3)8-14-26(24)28-27/h4-17,28H,1-3H3. The summed E-state index contributed by atoms with van der Waals surface area (Å²) in [6.45, 7) is 6.40. The van der Waals surface area contributed by atoms with Gasteiger partial charge in [-0.3, -0.25) is 0 Å². The Morgan fingerprint density at radius 2 is 0.931 bits per heavy atom. The highest BCUT2D eigenvalue weighted by Gasteiger charge is 2.14. The summed E-state index contributed by atoms with van der Waals surface area (Å²) in [5, 5.41) is 2.53. The summed E-state index contributed by atoms with van der Waals surface area (Å²) in [6, 6.07) is 30.7. The number of hydrogen-bond donors (Lipinski definition) is 1. The van der Waals surface area contributed by atoms with Gasteiger partial charge in [0, 0.05) is 38.9 Å². The monoisotopic (exact) mass is 376 g/mol. The number of aromatic amines is 1. The Bertz CT molecular complexity index is 1260. The molecule has 0 unspecified atom stereocenters. The van der Waals surface area contributed by atoms with Crippen LogP contribution in [0.2, 0.25) is 0 Å². The Hall–Kier alpha value is -3.52. The van der Waals surface area contributed by atoms with Gasteiger partial charge in [0.25, 0.3) is 0 Å². The first-order valence-corrected chi connectivity index (χ1v) is 10.0. The number of rotatable bonds is 3. The van der Waals surface area contributed by atoms with Crippen LogP contribution in [-0.2, 0) is 0 Å². The number of aromatic nitrogens is 1. The van der Waals surface area contributed by atoms with Crippen molar-refractivity contribution in [1.29, 1.82) is 0 Å². The maximum Gasteiger partial charge on any atom is 0.0469 e. The lowest BCUT2D eigenvalue weighted by molar-refractivity contribution is 1.27. The highest BCUT2D eigenvalue weighted by molar-refractivity contribution is 6.09. The molecule has 2 heteroatoms. The van der Waals surface area contributed by atoms with Crippen molar-refractivity contribution in [2.75, 3.05) is 4.90 Å². The molecule has 0 aliphatic heterocycles. The molecular formula is C27H24N2. The smallest absolute Gasteiger partial charge is 0.0469 e. The quantitative estimate of drug-likeness (QED) is 0.341. The van der Waals surface area contributed by atoms with Crippen LogP contribution in [-0.4, -0.2) is 4.98 Å². The lowest BCUT2D eigenvalue weighted by Crippen LogP contribution is -2.09. The number of H-pyrrole nitrogens is 1. The molecular weight excluding hydrogens is 352 g/mol. The second-order valence-corrected chi connectivity index (χ2v) is 7.91. The molecule has 0 fully saturated rings. The van der Waals surface area contributed by atoms with Crippen LogP contribution in [0.25, 0.3) is 21.8 Å². The average Bonchev–Trinajstić information content (AvgIpc) is 3.08. The summed E-state index contributed by atoms with van der Waals surface area (Å²) in [5.74, 6) is 0. The van der Waals surface area contributed by atoms with E-state index in [0.29, 0.717) is 0 Å². The lowest BCUT2D eigenvalue weighted by Gasteiger charge is -2.26. The second kappa shape index (κ2) is 6.82. The number of nitrogens with zero attached hydrogens (tertiary/aromatic N) is 1. The van der Waals surface area contributed by atoms with Crippen molar-refractivity contribution >= 4 is 38.9 Å². The minimum absolute atomic E-state index is 1.16. The molecule has 0 radical (unpaired) electrons. The Morgan fingerprint density at radius 1 is 0.483 bits per heavy atom. The number of hydrogen-bond acceptors (Lipinski definition) is 1. The topological polar surface area (TPSA) is 19.0 Å². The zero-order valence-electron chi connectivity index (χ0n) is 17.0. The number of anilines is 3. The van der Waals surface area contributed by atoms with Crippen molar-refractivity contribution in [3.05, 3.63) is 102 Å². The first-order valence-electron chi connectivity index (χ1n) is 10.0. The van der Waals surface area contributed by atoms with Crippen molar-refractivity contribution in [1.82, 2.24) is 4.98 Å². The summed E-state index contributed by atoms with van der Waals surface area (Å²) in [7, 11) is 0. The largest absolute Gasteiger partial charge is 0.355 e. The SMILES string of the molecule is Cc1ccc(N(c2ccc(C)cc2)c2ccc3[nH]c4ccc(C)cc4c3c2)cc1. The minimum atomic E-state index is 1.16. The number of nitrogens with one attached hydrogen (secondary N) is 1. The van der Waals surface area contributed by atoms with Gasteiger partial charge in [-0.1, -0.05) is 47.0 Å². The minimum Gasteiger partial charge on any atom is -0.355 e. The Balaban J connectivity index is 1.73. The summed E-state index contributed by atoms with van der Waals surface area (Å²) in [5.41, 5.74) is 9.64. The maximum absolute atomic E-state index is 3.55. The number of aryl methyl sites for hydroxylation is 3. The highest BCUT2D eigenvalue weighted by Crippen LogP contribution is 2.37. The molecule has 29 heavy (non-hydrogen) atoms. The molecule has 0 aliphatic rings. The van der Waals surface area contributed by atoms with Crippen molar-refractivity contribution in [3.8, 4) is 0 Å². The molecule has 5 rings (SSSR count). The van der Waals surface area contributed by atoms with Gasteiger partial charge in [-0.05, 0) is 75.4 Å². The van der Waals surface area contributed by atoms with E-state index < -0.39 is 0 Å². The van der Waals surface area contributed by atoms with Gasteiger partial charge < -0.3 is 9.88 Å². The third kappa shape index (κ3) is 3.17. The normalized spacial score (nSPS) is 11.3. The molecule has 0 aliphatic carbocycles. The summed E-state index contributed by atoms with van der Waals surface area (Å²) in [4.78, 5) is 5.87. The predicted molar refractivity (Wildman–Crippen MR) is 125 cm³/mol. The van der Waals surface area contributed by atoms with Gasteiger partial charge in [-0.15, -0.1) is 0 Å². The van der Waals surface area contributed by atoms with Gasteiger partial charge in [-0.2, -0.15) is 0 Å². The van der Waals surface area contributed by atoms with Gasteiger partial charge in [0.2, 0.25) is 0 Å². The third-order valence-corrected chi connectivity index (χ3v) is 5.58. The van der Waals surface area contributed by atoms with E-state index in [1.54, 1.807) is 0 Å². The molecule has 142 valence electrons. The number of benzene rings is 4. The first kappa shape index (κ1) is 17.6. The molecule has 1 aromatic heterocycles.